The van der Waals surface area contributed by atoms with Crippen LogP contribution in [0.3, 0.4) is 0 Å². The second-order valence-electron chi connectivity index (χ2n) is 6.01. The van der Waals surface area contributed by atoms with Crippen molar-refractivity contribution in [2.45, 2.75) is 13.3 Å². The van der Waals surface area contributed by atoms with Crippen molar-refractivity contribution in [1.29, 1.82) is 0 Å². The van der Waals surface area contributed by atoms with Crippen LogP contribution in [0.2, 0.25) is 5.02 Å². The first-order valence-electron chi connectivity index (χ1n) is 8.43. The van der Waals surface area contributed by atoms with Crippen LogP contribution < -0.4 is 10.6 Å². The summed E-state index contributed by atoms with van der Waals surface area (Å²) >= 11 is 6.10. The zero-order valence-electron chi connectivity index (χ0n) is 14.5. The molecular weight excluding hydrogens is 346 g/mol. The van der Waals surface area contributed by atoms with Gasteiger partial charge >= 0.3 is 0 Å². The number of nitrogens with one attached hydrogen (secondary N) is 2. The van der Waals surface area contributed by atoms with Crippen molar-refractivity contribution in [2.24, 2.45) is 0 Å². The number of carbonyl (C=O) groups is 1. The molecule has 3 aromatic rings. The molecule has 0 bridgehead atoms. The third-order valence-corrected chi connectivity index (χ3v) is 4.42. The number of aromatic nitrogens is 1. The molecule has 5 heteroatoms. The monoisotopic (exact) mass is 365 g/mol. The summed E-state index contributed by atoms with van der Waals surface area (Å²) in [5.74, 6) is 0.481. The van der Waals surface area contributed by atoms with E-state index in [1.165, 1.54) is 5.56 Å². The van der Waals surface area contributed by atoms with E-state index in [0.29, 0.717) is 22.1 Å². The van der Waals surface area contributed by atoms with E-state index in [4.69, 9.17) is 11.6 Å². The molecule has 0 radical (unpaired) electrons. The van der Waals surface area contributed by atoms with Gasteiger partial charge in [-0.1, -0.05) is 48.0 Å². The molecule has 0 fully saturated rings. The van der Waals surface area contributed by atoms with Crippen molar-refractivity contribution in [3.8, 4) is 0 Å². The Labute approximate surface area is 158 Å². The summed E-state index contributed by atoms with van der Waals surface area (Å²) in [6, 6.07) is 19.1. The molecule has 2 aromatic carbocycles. The minimum Gasteiger partial charge on any atom is -0.370 e. The van der Waals surface area contributed by atoms with Crippen LogP contribution >= 0.6 is 11.6 Å². The minimum absolute atomic E-state index is 0.196. The molecule has 1 amide bonds. The number of carbonyl (C=O) groups excluding carboxylic acids is 1. The van der Waals surface area contributed by atoms with Crippen molar-refractivity contribution in [3.63, 3.8) is 0 Å². The van der Waals surface area contributed by atoms with Crippen LogP contribution in [0, 0.1) is 6.92 Å². The molecule has 3 rings (SSSR count). The predicted octanol–water partition coefficient (Wildman–Crippen LogP) is 4.95. The van der Waals surface area contributed by atoms with Crippen LogP contribution in [0.25, 0.3) is 0 Å². The van der Waals surface area contributed by atoms with Gasteiger partial charge in [-0.25, -0.2) is 4.98 Å². The Balaban J connectivity index is 1.60. The molecule has 1 aromatic heterocycles. The van der Waals surface area contributed by atoms with Gasteiger partial charge in [-0.15, -0.1) is 0 Å². The van der Waals surface area contributed by atoms with Crippen LogP contribution in [0.5, 0.6) is 0 Å². The largest absolute Gasteiger partial charge is 0.370 e. The Morgan fingerprint density at radius 2 is 1.88 bits per heavy atom. The zero-order chi connectivity index (χ0) is 18.4. The van der Waals surface area contributed by atoms with E-state index in [1.54, 1.807) is 24.4 Å². The molecule has 0 saturated carbocycles. The Kier molecular flexibility index (Phi) is 5.87. The lowest BCUT2D eigenvalue weighted by atomic mass is 10.1. The number of halogens is 1. The zero-order valence-corrected chi connectivity index (χ0v) is 15.3. The molecule has 26 heavy (non-hydrogen) atoms. The highest BCUT2D eigenvalue weighted by molar-refractivity contribution is 6.31. The molecule has 4 nitrogen and oxygen atoms in total. The fourth-order valence-electron chi connectivity index (χ4n) is 2.52. The molecule has 0 saturated heterocycles. The Hall–Kier alpha value is -2.85. The second kappa shape index (κ2) is 8.50. The van der Waals surface area contributed by atoms with E-state index in [-0.39, 0.29) is 5.91 Å². The minimum atomic E-state index is -0.196. The average Bonchev–Trinajstić information content (AvgIpc) is 2.66. The van der Waals surface area contributed by atoms with Gasteiger partial charge in [0.05, 0.1) is 0 Å². The summed E-state index contributed by atoms with van der Waals surface area (Å²) in [5.41, 5.74) is 3.43. The van der Waals surface area contributed by atoms with Gasteiger partial charge in [0.25, 0.3) is 5.91 Å². The van der Waals surface area contributed by atoms with E-state index in [0.717, 1.165) is 18.5 Å². The topological polar surface area (TPSA) is 54.0 Å². The maximum atomic E-state index is 12.4. The van der Waals surface area contributed by atoms with Crippen LogP contribution in [0.4, 0.5) is 11.5 Å². The summed E-state index contributed by atoms with van der Waals surface area (Å²) in [6.45, 7) is 2.67. The van der Waals surface area contributed by atoms with Crippen LogP contribution in [-0.2, 0) is 6.42 Å². The van der Waals surface area contributed by atoms with Gasteiger partial charge in [-0.05, 0) is 48.7 Å². The molecule has 0 atom stereocenters. The quantitative estimate of drug-likeness (QED) is 0.649. The van der Waals surface area contributed by atoms with Gasteiger partial charge < -0.3 is 10.6 Å². The summed E-state index contributed by atoms with van der Waals surface area (Å²) in [5, 5.41) is 6.74. The maximum absolute atomic E-state index is 12.4. The molecule has 1 heterocycles. The fraction of sp³-hybridized carbons (Fsp3) is 0.143. The van der Waals surface area contributed by atoms with Gasteiger partial charge in [0.2, 0.25) is 0 Å². The highest BCUT2D eigenvalue weighted by Gasteiger charge is 2.08. The van der Waals surface area contributed by atoms with Crippen LogP contribution in [0.15, 0.2) is 66.9 Å². The SMILES string of the molecule is Cc1ccc(NC(=O)c2ccnc(NCCc3ccccc3)c2)cc1Cl. The molecule has 0 aliphatic carbocycles. The van der Waals surface area contributed by atoms with Crippen molar-refractivity contribution >= 4 is 29.0 Å². The number of hydrogen-bond donors (Lipinski definition) is 2. The van der Waals surface area contributed by atoms with Crippen LogP contribution in [0.1, 0.15) is 21.5 Å². The first kappa shape index (κ1) is 18.0. The predicted molar refractivity (Wildman–Crippen MR) is 107 cm³/mol. The fourth-order valence-corrected chi connectivity index (χ4v) is 2.70. The molecule has 0 spiro atoms. The normalized spacial score (nSPS) is 10.4. The van der Waals surface area contributed by atoms with Crippen molar-refractivity contribution in [2.75, 3.05) is 17.2 Å². The number of hydrogen-bond acceptors (Lipinski definition) is 3. The van der Waals surface area contributed by atoms with Gasteiger partial charge in [0, 0.05) is 29.0 Å². The van der Waals surface area contributed by atoms with E-state index in [9.17, 15) is 4.79 Å². The van der Waals surface area contributed by atoms with Crippen molar-refractivity contribution in [3.05, 3.63) is 88.6 Å². The molecule has 0 aliphatic heterocycles. The van der Waals surface area contributed by atoms with Crippen molar-refractivity contribution in [1.82, 2.24) is 4.98 Å². The average molecular weight is 366 g/mol. The van der Waals surface area contributed by atoms with Gasteiger partial charge in [-0.3, -0.25) is 4.79 Å². The third-order valence-electron chi connectivity index (χ3n) is 4.01. The maximum Gasteiger partial charge on any atom is 0.255 e. The number of amides is 1. The lowest BCUT2D eigenvalue weighted by Gasteiger charge is -2.09. The first-order chi connectivity index (χ1) is 12.6. The van der Waals surface area contributed by atoms with Gasteiger partial charge in [0.15, 0.2) is 0 Å². The van der Waals surface area contributed by atoms with E-state index in [2.05, 4.69) is 27.8 Å². The number of benzene rings is 2. The molecule has 132 valence electrons. The van der Waals surface area contributed by atoms with Crippen molar-refractivity contribution < 1.29 is 4.79 Å². The van der Waals surface area contributed by atoms with Crippen LogP contribution in [-0.4, -0.2) is 17.4 Å². The number of aryl methyl sites for hydroxylation is 1. The number of pyridine rings is 1. The second-order valence-corrected chi connectivity index (χ2v) is 6.42. The lowest BCUT2D eigenvalue weighted by Crippen LogP contribution is -2.13. The smallest absolute Gasteiger partial charge is 0.255 e. The third kappa shape index (κ3) is 4.83. The number of nitrogens with zero attached hydrogens (tertiary/aromatic N) is 1. The summed E-state index contributed by atoms with van der Waals surface area (Å²) < 4.78 is 0. The van der Waals surface area contributed by atoms with E-state index in [1.807, 2.05) is 37.3 Å². The number of rotatable bonds is 6. The Morgan fingerprint density at radius 1 is 1.08 bits per heavy atom. The highest BCUT2D eigenvalue weighted by Crippen LogP contribution is 2.20. The highest BCUT2D eigenvalue weighted by atomic mass is 35.5. The van der Waals surface area contributed by atoms with Gasteiger partial charge in [-0.2, -0.15) is 0 Å². The first-order valence-corrected chi connectivity index (χ1v) is 8.81. The Morgan fingerprint density at radius 3 is 2.65 bits per heavy atom. The Bertz CT molecular complexity index is 897. The number of anilines is 2. The summed E-state index contributed by atoms with van der Waals surface area (Å²) in [7, 11) is 0. The molecule has 0 aliphatic rings. The standard InChI is InChI=1S/C21H20ClN3O/c1-15-7-8-18(14-19(15)22)25-21(26)17-10-12-24-20(13-17)23-11-9-16-5-3-2-4-6-16/h2-8,10,12-14H,9,11H2,1H3,(H,23,24)(H,25,26). The molecule has 0 unspecified atom stereocenters. The van der Waals surface area contributed by atoms with E-state index < -0.39 is 0 Å². The summed E-state index contributed by atoms with van der Waals surface area (Å²) in [4.78, 5) is 16.7. The lowest BCUT2D eigenvalue weighted by molar-refractivity contribution is 0.102. The van der Waals surface area contributed by atoms with Gasteiger partial charge in [0.1, 0.15) is 5.82 Å². The molecular formula is C21H20ClN3O. The van der Waals surface area contributed by atoms with E-state index >= 15 is 0 Å². The summed E-state index contributed by atoms with van der Waals surface area (Å²) in [6.07, 6.45) is 2.52. The molecule has 2 N–H and O–H groups in total.